The minimum absolute atomic E-state index is 0.106. The fraction of sp³-hybridized carbons (Fsp3) is 0.875. The number of hydrogen-bond acceptors (Lipinski definition) is 5. The Kier molecular flexibility index (Phi) is 4.51. The highest BCUT2D eigenvalue weighted by atomic mass is 16.5. The third kappa shape index (κ3) is 2.66. The van der Waals surface area contributed by atoms with Crippen LogP contribution in [0.5, 0.6) is 0 Å². The van der Waals surface area contributed by atoms with E-state index in [1.54, 1.807) is 0 Å². The average Bonchev–Trinajstić information content (AvgIpc) is 2.26. The van der Waals surface area contributed by atoms with Gasteiger partial charge < -0.3 is 19.7 Å². The van der Waals surface area contributed by atoms with E-state index in [2.05, 4.69) is 10.0 Å². The summed E-state index contributed by atoms with van der Waals surface area (Å²) in [7, 11) is 0. The number of aliphatic hydroxyl groups is 2. The van der Waals surface area contributed by atoms with Gasteiger partial charge in [0, 0.05) is 17.4 Å². The summed E-state index contributed by atoms with van der Waals surface area (Å²) in [6.07, 6.45) is -1.16. The number of aliphatic hydroxyl groups excluding tert-OH is 2. The maximum absolute atomic E-state index is 10.8. The van der Waals surface area contributed by atoms with Gasteiger partial charge in [-0.2, -0.15) is 0 Å². The van der Waals surface area contributed by atoms with E-state index in [4.69, 9.17) is 15.4 Å². The molecule has 1 rings (SSSR count). The number of azide groups is 1. The summed E-state index contributed by atoms with van der Waals surface area (Å²) >= 11 is 0. The molecule has 7 heteroatoms. The third-order valence-corrected chi connectivity index (χ3v) is 2.56. The molecule has 0 bridgehead atoms. The van der Waals surface area contributed by atoms with Gasteiger partial charge in [-0.15, -0.1) is 0 Å². The van der Waals surface area contributed by atoms with Gasteiger partial charge in [0.25, 0.3) is 0 Å². The number of rotatable bonds is 4. The zero-order chi connectivity index (χ0) is 11.3. The van der Waals surface area contributed by atoms with Gasteiger partial charge >= 0.3 is 0 Å². The van der Waals surface area contributed by atoms with Crippen molar-refractivity contribution in [2.45, 2.75) is 12.2 Å². The van der Waals surface area contributed by atoms with Crippen LogP contribution in [0.2, 0.25) is 0 Å². The van der Waals surface area contributed by atoms with Crippen LogP contribution in [0, 0.1) is 11.8 Å². The Bertz CT molecular complexity index is 267. The highest BCUT2D eigenvalue weighted by Gasteiger charge is 2.38. The smallest absolute Gasteiger partial charge is 0.126 e. The largest absolute Gasteiger partial charge is 0.394 e. The predicted octanol–water partition coefficient (Wildman–Crippen LogP) is -0.520. The summed E-state index contributed by atoms with van der Waals surface area (Å²) in [5.41, 5.74) is 8.15. The van der Waals surface area contributed by atoms with Gasteiger partial charge in [0.15, 0.2) is 0 Å². The number of hydrogen-bond donors (Lipinski definition) is 2. The molecule has 4 atom stereocenters. The molecule has 0 spiro atoms. The monoisotopic (exact) mass is 215 g/mol. The van der Waals surface area contributed by atoms with E-state index in [9.17, 15) is 9.90 Å². The summed E-state index contributed by atoms with van der Waals surface area (Å²) in [5, 5.41) is 21.8. The Morgan fingerprint density at radius 1 is 1.67 bits per heavy atom. The summed E-state index contributed by atoms with van der Waals surface area (Å²) in [5.74, 6) is -0.974. The van der Waals surface area contributed by atoms with Crippen LogP contribution in [0.4, 0.5) is 0 Å². The average molecular weight is 215 g/mol. The summed E-state index contributed by atoms with van der Waals surface area (Å²) in [4.78, 5) is 13.4. The number of carbonyl (C=O) groups excluding carboxylic acids is 1. The first-order valence-corrected chi connectivity index (χ1v) is 4.61. The van der Waals surface area contributed by atoms with Crippen molar-refractivity contribution in [1.82, 2.24) is 0 Å². The van der Waals surface area contributed by atoms with E-state index in [1.165, 1.54) is 0 Å². The predicted molar refractivity (Wildman–Crippen MR) is 49.9 cm³/mol. The van der Waals surface area contributed by atoms with Crippen molar-refractivity contribution in [2.24, 2.45) is 17.0 Å². The molecular weight excluding hydrogens is 202 g/mol. The lowest BCUT2D eigenvalue weighted by molar-refractivity contribution is -0.153. The quantitative estimate of drug-likeness (QED) is 0.284. The molecule has 0 unspecified atom stereocenters. The van der Waals surface area contributed by atoms with E-state index in [0.29, 0.717) is 6.29 Å². The van der Waals surface area contributed by atoms with Gasteiger partial charge in [0.1, 0.15) is 12.4 Å². The lowest BCUT2D eigenvalue weighted by Gasteiger charge is -2.36. The Morgan fingerprint density at radius 2 is 2.40 bits per heavy atom. The van der Waals surface area contributed by atoms with Crippen LogP contribution in [-0.4, -0.2) is 48.5 Å². The molecule has 1 aliphatic rings. The van der Waals surface area contributed by atoms with Crippen molar-refractivity contribution in [3.05, 3.63) is 10.4 Å². The van der Waals surface area contributed by atoms with Gasteiger partial charge in [-0.1, -0.05) is 5.11 Å². The van der Waals surface area contributed by atoms with Crippen LogP contribution in [0.1, 0.15) is 0 Å². The Hall–Kier alpha value is -1.14. The van der Waals surface area contributed by atoms with Crippen LogP contribution in [-0.2, 0) is 9.53 Å². The number of aldehydes is 1. The van der Waals surface area contributed by atoms with Crippen molar-refractivity contribution < 1.29 is 19.7 Å². The van der Waals surface area contributed by atoms with Gasteiger partial charge in [-0.05, 0) is 11.4 Å². The number of nitrogens with zero attached hydrogens (tertiary/aromatic N) is 3. The first-order valence-electron chi connectivity index (χ1n) is 4.61. The molecule has 0 aliphatic carbocycles. The maximum Gasteiger partial charge on any atom is 0.126 e. The van der Waals surface area contributed by atoms with Gasteiger partial charge in [-0.3, -0.25) is 0 Å². The fourth-order valence-electron chi connectivity index (χ4n) is 1.65. The maximum atomic E-state index is 10.8. The van der Waals surface area contributed by atoms with Crippen LogP contribution in [0.15, 0.2) is 5.11 Å². The number of ether oxygens (including phenoxy) is 1. The number of carbonyl (C=O) groups is 1. The first kappa shape index (κ1) is 11.9. The van der Waals surface area contributed by atoms with Crippen molar-refractivity contribution in [2.75, 3.05) is 19.8 Å². The second-order valence-corrected chi connectivity index (χ2v) is 3.43. The molecule has 7 nitrogen and oxygen atoms in total. The Balaban J connectivity index is 2.67. The minimum Gasteiger partial charge on any atom is -0.394 e. The lowest BCUT2D eigenvalue weighted by atomic mass is 9.84. The molecule has 1 fully saturated rings. The van der Waals surface area contributed by atoms with E-state index in [1.807, 2.05) is 0 Å². The molecule has 2 N–H and O–H groups in total. The van der Waals surface area contributed by atoms with Crippen LogP contribution < -0.4 is 0 Å². The second kappa shape index (κ2) is 5.67. The van der Waals surface area contributed by atoms with Crippen molar-refractivity contribution in [3.63, 3.8) is 0 Å². The summed E-state index contributed by atoms with van der Waals surface area (Å²) in [6, 6.07) is 0. The third-order valence-electron chi connectivity index (χ3n) is 2.56. The molecule has 84 valence electrons. The van der Waals surface area contributed by atoms with Crippen molar-refractivity contribution in [1.29, 1.82) is 0 Å². The van der Waals surface area contributed by atoms with Crippen molar-refractivity contribution in [3.8, 4) is 0 Å². The van der Waals surface area contributed by atoms with E-state index < -0.39 is 18.1 Å². The van der Waals surface area contributed by atoms with Crippen molar-refractivity contribution >= 4 is 6.29 Å². The van der Waals surface area contributed by atoms with Gasteiger partial charge in [0.05, 0.1) is 19.3 Å². The summed E-state index contributed by atoms with van der Waals surface area (Å²) < 4.78 is 5.14. The normalized spacial score (nSPS) is 35.6. The molecule has 1 heterocycles. The molecule has 0 radical (unpaired) electrons. The molecule has 0 aromatic rings. The Labute approximate surface area is 86.3 Å². The van der Waals surface area contributed by atoms with E-state index in [0.717, 1.165) is 0 Å². The highest BCUT2D eigenvalue weighted by molar-refractivity contribution is 5.55. The fourth-order valence-corrected chi connectivity index (χ4v) is 1.65. The van der Waals surface area contributed by atoms with E-state index in [-0.39, 0.29) is 25.7 Å². The zero-order valence-corrected chi connectivity index (χ0v) is 8.06. The standard InChI is InChI=1S/C8H13N3O4/c9-11-10-1-5-4-15-7(3-13)8(14)6(5)2-12/h2,5-8,13-14H,1,3-4H2/t5-,6+,7+,8+/m0/s1. The SMILES string of the molecule is [N-]=[N+]=NC[C@H]1CO[C@H](CO)[C@H](O)[C@@H]1C=O. The zero-order valence-electron chi connectivity index (χ0n) is 8.06. The second-order valence-electron chi connectivity index (χ2n) is 3.43. The molecule has 0 amide bonds. The van der Waals surface area contributed by atoms with Crippen LogP contribution in [0.25, 0.3) is 10.4 Å². The van der Waals surface area contributed by atoms with Crippen LogP contribution >= 0.6 is 0 Å². The molecular formula is C8H13N3O4. The molecule has 0 aromatic heterocycles. The molecule has 15 heavy (non-hydrogen) atoms. The van der Waals surface area contributed by atoms with Gasteiger partial charge in [-0.25, -0.2) is 0 Å². The first-order chi connectivity index (χ1) is 7.24. The molecule has 1 saturated heterocycles. The highest BCUT2D eigenvalue weighted by Crippen LogP contribution is 2.25. The van der Waals surface area contributed by atoms with Crippen LogP contribution in [0.3, 0.4) is 0 Å². The van der Waals surface area contributed by atoms with Gasteiger partial charge in [0.2, 0.25) is 0 Å². The molecule has 0 aromatic carbocycles. The molecule has 0 saturated carbocycles. The summed E-state index contributed by atoms with van der Waals surface area (Å²) in [6.45, 7) is -0.0282. The Morgan fingerprint density at radius 3 is 2.93 bits per heavy atom. The molecule has 1 aliphatic heterocycles. The topological polar surface area (TPSA) is 116 Å². The minimum atomic E-state index is -1.04. The lowest BCUT2D eigenvalue weighted by Crippen LogP contribution is -2.49. The van der Waals surface area contributed by atoms with E-state index >= 15 is 0 Å².